The minimum atomic E-state index is 0.397. The molecule has 1 aliphatic heterocycles. The van der Waals surface area contributed by atoms with Crippen molar-refractivity contribution in [2.45, 2.75) is 44.8 Å². The number of nitrogens with zero attached hydrogens (tertiary/aromatic N) is 1. The number of hydrogen-bond acceptors (Lipinski definition) is 4. The van der Waals surface area contributed by atoms with Crippen LogP contribution in [0.2, 0.25) is 0 Å². The van der Waals surface area contributed by atoms with Gasteiger partial charge in [0.15, 0.2) is 0 Å². The second kappa shape index (κ2) is 5.78. The molecule has 1 aliphatic carbocycles. The summed E-state index contributed by atoms with van der Waals surface area (Å²) in [5.74, 6) is 2.69. The van der Waals surface area contributed by atoms with E-state index in [9.17, 15) is 0 Å². The fraction of sp³-hybridized carbons (Fsp3) is 0.667. The molecule has 104 valence electrons. The molecular formula is C15H23N3O. The maximum atomic E-state index is 5.85. The molecule has 19 heavy (non-hydrogen) atoms. The summed E-state index contributed by atoms with van der Waals surface area (Å²) in [6.07, 6.45) is 5.26. The lowest BCUT2D eigenvalue weighted by Crippen LogP contribution is -2.31. The zero-order valence-corrected chi connectivity index (χ0v) is 11.6. The van der Waals surface area contributed by atoms with Crippen LogP contribution < -0.4 is 10.6 Å². The van der Waals surface area contributed by atoms with Gasteiger partial charge in [-0.2, -0.15) is 0 Å². The average Bonchev–Trinajstić information content (AvgIpc) is 3.18. The first-order valence-corrected chi connectivity index (χ1v) is 7.46. The molecule has 0 spiro atoms. The van der Waals surface area contributed by atoms with Gasteiger partial charge in [0.25, 0.3) is 0 Å². The molecule has 2 heterocycles. The van der Waals surface area contributed by atoms with Crippen LogP contribution in [0.15, 0.2) is 18.2 Å². The second-order valence-electron chi connectivity index (χ2n) is 5.55. The predicted molar refractivity (Wildman–Crippen MR) is 77.5 cm³/mol. The van der Waals surface area contributed by atoms with Gasteiger partial charge in [0, 0.05) is 13.2 Å². The van der Waals surface area contributed by atoms with Crippen LogP contribution in [0.3, 0.4) is 0 Å². The van der Waals surface area contributed by atoms with Crippen molar-refractivity contribution in [1.82, 2.24) is 4.98 Å². The maximum Gasteiger partial charge on any atom is 0.128 e. The molecule has 1 saturated heterocycles. The number of hydrogen-bond donors (Lipinski definition) is 2. The van der Waals surface area contributed by atoms with E-state index in [0.717, 1.165) is 43.5 Å². The van der Waals surface area contributed by atoms with Crippen molar-refractivity contribution in [3.63, 3.8) is 0 Å². The zero-order valence-electron chi connectivity index (χ0n) is 11.6. The lowest BCUT2D eigenvalue weighted by Gasteiger charge is -2.20. The fourth-order valence-electron chi connectivity index (χ4n) is 2.71. The molecule has 1 aromatic rings. The molecule has 2 atom stereocenters. The molecule has 2 unspecified atom stereocenters. The quantitative estimate of drug-likeness (QED) is 0.826. The van der Waals surface area contributed by atoms with Gasteiger partial charge in [0.05, 0.1) is 12.1 Å². The number of ether oxygens (including phenoxy) is 1. The van der Waals surface area contributed by atoms with E-state index in [-0.39, 0.29) is 0 Å². The fourth-order valence-corrected chi connectivity index (χ4v) is 2.71. The highest BCUT2D eigenvalue weighted by atomic mass is 16.5. The van der Waals surface area contributed by atoms with E-state index in [1.54, 1.807) is 0 Å². The van der Waals surface area contributed by atoms with Crippen molar-refractivity contribution in [2.24, 2.45) is 5.92 Å². The van der Waals surface area contributed by atoms with Crippen molar-refractivity contribution in [2.75, 3.05) is 23.8 Å². The van der Waals surface area contributed by atoms with Crippen LogP contribution in [-0.4, -0.2) is 30.3 Å². The number of anilines is 2. The van der Waals surface area contributed by atoms with Gasteiger partial charge >= 0.3 is 0 Å². The van der Waals surface area contributed by atoms with Gasteiger partial charge < -0.3 is 15.4 Å². The highest BCUT2D eigenvalue weighted by molar-refractivity contribution is 5.46. The molecular weight excluding hydrogens is 238 g/mol. The first-order chi connectivity index (χ1) is 9.36. The minimum absolute atomic E-state index is 0.397. The molecule has 0 amide bonds. The Kier molecular flexibility index (Phi) is 3.87. The third kappa shape index (κ3) is 3.18. The van der Waals surface area contributed by atoms with E-state index < -0.39 is 0 Å². The Bertz CT molecular complexity index is 420. The molecule has 1 aromatic heterocycles. The Morgan fingerprint density at radius 3 is 2.89 bits per heavy atom. The van der Waals surface area contributed by atoms with Gasteiger partial charge in [-0.3, -0.25) is 0 Å². The van der Waals surface area contributed by atoms with Crippen molar-refractivity contribution in [3.8, 4) is 0 Å². The molecule has 3 rings (SSSR count). The van der Waals surface area contributed by atoms with Crippen LogP contribution in [0, 0.1) is 5.92 Å². The smallest absolute Gasteiger partial charge is 0.128 e. The van der Waals surface area contributed by atoms with Gasteiger partial charge in [0.1, 0.15) is 11.6 Å². The molecule has 2 aliphatic rings. The minimum Gasteiger partial charge on any atom is -0.376 e. The Morgan fingerprint density at radius 2 is 2.11 bits per heavy atom. The summed E-state index contributed by atoms with van der Waals surface area (Å²) in [6.45, 7) is 4.01. The molecule has 2 fully saturated rings. The van der Waals surface area contributed by atoms with Crippen molar-refractivity contribution >= 4 is 11.6 Å². The maximum absolute atomic E-state index is 5.85. The molecule has 4 nitrogen and oxygen atoms in total. The van der Waals surface area contributed by atoms with Crippen LogP contribution in [0.4, 0.5) is 11.6 Å². The standard InChI is InChI=1S/C15H23N3O/c1-2-9-16-13-4-3-5-14(18-13)17-12-8-10-19-15(12)11-6-7-11/h3-5,11-12,15H,2,6-10H2,1H3,(H2,16,17,18). The summed E-state index contributed by atoms with van der Waals surface area (Å²) >= 11 is 0. The summed E-state index contributed by atoms with van der Waals surface area (Å²) in [5, 5.41) is 6.88. The second-order valence-corrected chi connectivity index (χ2v) is 5.55. The molecule has 0 radical (unpaired) electrons. The van der Waals surface area contributed by atoms with Gasteiger partial charge in [0.2, 0.25) is 0 Å². The Morgan fingerprint density at radius 1 is 1.26 bits per heavy atom. The van der Waals surface area contributed by atoms with Gasteiger partial charge in [-0.05, 0) is 43.7 Å². The first kappa shape index (κ1) is 12.7. The number of aromatic nitrogens is 1. The van der Waals surface area contributed by atoms with Crippen LogP contribution >= 0.6 is 0 Å². The number of rotatable bonds is 6. The van der Waals surface area contributed by atoms with Crippen LogP contribution in [0.1, 0.15) is 32.6 Å². The van der Waals surface area contributed by atoms with E-state index in [1.807, 2.05) is 12.1 Å². The van der Waals surface area contributed by atoms with E-state index in [2.05, 4.69) is 28.6 Å². The number of pyridine rings is 1. The Balaban J connectivity index is 1.62. The van der Waals surface area contributed by atoms with Crippen molar-refractivity contribution < 1.29 is 4.74 Å². The van der Waals surface area contributed by atoms with Gasteiger partial charge in [-0.1, -0.05) is 13.0 Å². The first-order valence-electron chi connectivity index (χ1n) is 7.46. The summed E-state index contributed by atoms with van der Waals surface area (Å²) in [7, 11) is 0. The zero-order chi connectivity index (χ0) is 13.1. The van der Waals surface area contributed by atoms with Crippen molar-refractivity contribution in [1.29, 1.82) is 0 Å². The highest BCUT2D eigenvalue weighted by Crippen LogP contribution is 2.39. The SMILES string of the molecule is CCCNc1cccc(NC2CCOC2C2CC2)n1. The summed E-state index contributed by atoms with van der Waals surface area (Å²) < 4.78 is 5.85. The van der Waals surface area contributed by atoms with E-state index in [4.69, 9.17) is 4.74 Å². The molecule has 4 heteroatoms. The molecule has 1 saturated carbocycles. The molecule has 0 aromatic carbocycles. The van der Waals surface area contributed by atoms with E-state index in [0.29, 0.717) is 12.1 Å². The lowest BCUT2D eigenvalue weighted by molar-refractivity contribution is 0.0898. The molecule has 2 N–H and O–H groups in total. The van der Waals surface area contributed by atoms with Crippen LogP contribution in [-0.2, 0) is 4.74 Å². The predicted octanol–water partition coefficient (Wildman–Crippen LogP) is 2.88. The normalized spacial score (nSPS) is 26.4. The van der Waals surface area contributed by atoms with Crippen LogP contribution in [0.25, 0.3) is 0 Å². The monoisotopic (exact) mass is 261 g/mol. The summed E-state index contributed by atoms with van der Waals surface area (Å²) in [6, 6.07) is 6.54. The Hall–Kier alpha value is -1.29. The van der Waals surface area contributed by atoms with Crippen LogP contribution in [0.5, 0.6) is 0 Å². The average molecular weight is 261 g/mol. The topological polar surface area (TPSA) is 46.2 Å². The van der Waals surface area contributed by atoms with Gasteiger partial charge in [-0.25, -0.2) is 4.98 Å². The van der Waals surface area contributed by atoms with Gasteiger partial charge in [-0.15, -0.1) is 0 Å². The van der Waals surface area contributed by atoms with E-state index >= 15 is 0 Å². The molecule has 0 bridgehead atoms. The summed E-state index contributed by atoms with van der Waals surface area (Å²) in [4.78, 5) is 4.61. The highest BCUT2D eigenvalue weighted by Gasteiger charge is 2.40. The largest absolute Gasteiger partial charge is 0.376 e. The third-order valence-corrected chi connectivity index (χ3v) is 3.86. The summed E-state index contributed by atoms with van der Waals surface area (Å²) in [5.41, 5.74) is 0. The number of nitrogens with one attached hydrogen (secondary N) is 2. The van der Waals surface area contributed by atoms with E-state index in [1.165, 1.54) is 12.8 Å². The van der Waals surface area contributed by atoms with Crippen molar-refractivity contribution in [3.05, 3.63) is 18.2 Å². The Labute approximate surface area is 115 Å². The third-order valence-electron chi connectivity index (χ3n) is 3.86. The lowest BCUT2D eigenvalue weighted by atomic mass is 10.1.